The molecule has 0 aliphatic carbocycles. The summed E-state index contributed by atoms with van der Waals surface area (Å²) in [7, 11) is 0. The number of thiazole rings is 1. The zero-order valence-corrected chi connectivity index (χ0v) is 31.6. The molecule has 2 aromatic rings. The number of nitrogens with zero attached hydrogens (tertiary/aromatic N) is 3. The predicted molar refractivity (Wildman–Crippen MR) is 193 cm³/mol. The third-order valence-corrected chi connectivity index (χ3v) is 9.65. The van der Waals surface area contributed by atoms with Gasteiger partial charge in [-0.1, -0.05) is 57.9 Å². The van der Waals surface area contributed by atoms with Crippen molar-refractivity contribution in [3.63, 3.8) is 0 Å². The first-order valence-electron chi connectivity index (χ1n) is 17.5. The van der Waals surface area contributed by atoms with Gasteiger partial charge in [0.15, 0.2) is 0 Å². The van der Waals surface area contributed by atoms with Gasteiger partial charge in [0, 0.05) is 32.5 Å². The van der Waals surface area contributed by atoms with E-state index >= 15 is 0 Å². The van der Waals surface area contributed by atoms with Crippen LogP contribution in [-0.2, 0) is 19.1 Å². The Bertz CT molecular complexity index is 1410. The van der Waals surface area contributed by atoms with Gasteiger partial charge in [-0.25, -0.2) is 9.78 Å². The van der Waals surface area contributed by atoms with Crippen LogP contribution in [-0.4, -0.2) is 87.1 Å². The quantitative estimate of drug-likeness (QED) is 0.206. The first-order valence-corrected chi connectivity index (χ1v) is 18.4. The molecule has 1 aliphatic heterocycles. The minimum atomic E-state index is -0.868. The number of rotatable bonds is 14. The molecule has 3 rings (SSSR count). The number of unbranched alkanes of at least 4 members (excludes halogenated alkanes) is 3. The molecule has 2 heterocycles. The fourth-order valence-corrected chi connectivity index (χ4v) is 6.71. The minimum Gasteiger partial charge on any atom is -0.444 e. The molecule has 3 N–H and O–H groups in total. The summed E-state index contributed by atoms with van der Waals surface area (Å²) in [4.78, 5) is 61.4. The fourth-order valence-electron chi connectivity index (χ4n) is 5.90. The lowest BCUT2D eigenvalue weighted by molar-refractivity contribution is -0.144. The lowest BCUT2D eigenvalue weighted by Crippen LogP contribution is -2.57. The molecule has 1 aromatic carbocycles. The number of carbonyl (C=O) groups excluding carboxylic acids is 4. The van der Waals surface area contributed by atoms with Gasteiger partial charge in [-0.15, -0.1) is 11.3 Å². The van der Waals surface area contributed by atoms with Crippen molar-refractivity contribution in [2.45, 2.75) is 131 Å². The van der Waals surface area contributed by atoms with Crippen molar-refractivity contribution in [3.8, 4) is 10.4 Å². The third-order valence-electron chi connectivity index (χ3n) is 8.68. The fraction of sp³-hybridized carbons (Fsp3) is 0.649. The second-order valence-electron chi connectivity index (χ2n) is 15.1. The SMILES string of the molecule is CCN(CCCCCCC(=O)NC(C(=O)N1C[C@H](O)C[C@H]1C(=O)NC(C)c1ccc(-c2scnc2C)cc1)C(C)(C)C)C(=O)OC(C)(C)C. The van der Waals surface area contributed by atoms with E-state index in [1.54, 1.807) is 16.2 Å². The van der Waals surface area contributed by atoms with Crippen LogP contribution in [0, 0.1) is 12.3 Å². The van der Waals surface area contributed by atoms with Crippen molar-refractivity contribution in [2.24, 2.45) is 5.41 Å². The van der Waals surface area contributed by atoms with Crippen LogP contribution in [0.25, 0.3) is 10.4 Å². The van der Waals surface area contributed by atoms with Crippen LogP contribution in [0.3, 0.4) is 0 Å². The van der Waals surface area contributed by atoms with E-state index in [4.69, 9.17) is 4.74 Å². The molecule has 11 nitrogen and oxygen atoms in total. The maximum absolute atomic E-state index is 13.9. The van der Waals surface area contributed by atoms with Crippen LogP contribution in [0.5, 0.6) is 0 Å². The standard InChI is InChI=1S/C37H57N5O6S/c1-10-41(35(47)48-37(7,8)9)20-14-12-11-13-15-30(44)40-32(36(4,5)6)34(46)42-22-28(43)21-29(42)33(45)39-24(2)26-16-18-27(19-17-26)31-25(3)38-23-49-31/h16-19,23-24,28-29,32,43H,10-15,20-22H2,1-9H3,(H,39,45)(H,40,44)/t24?,28-,29+,32?/m1/s1. The van der Waals surface area contributed by atoms with Crippen molar-refractivity contribution in [1.29, 1.82) is 0 Å². The number of amides is 4. The number of carbonyl (C=O) groups is 4. The predicted octanol–water partition coefficient (Wildman–Crippen LogP) is 6.00. The normalized spacial score (nSPS) is 17.7. The molecule has 4 amide bonds. The molecule has 272 valence electrons. The molecule has 1 aliphatic rings. The number of likely N-dealkylation sites (tertiary alicyclic amines) is 1. The summed E-state index contributed by atoms with van der Waals surface area (Å²) in [5.74, 6) is -0.952. The first kappa shape index (κ1) is 39.9. The number of β-amino-alcohol motifs (C(OH)–C–C–N with tert-alkyl or cyclic N) is 1. The maximum Gasteiger partial charge on any atom is 0.410 e. The second-order valence-corrected chi connectivity index (χ2v) is 16.0. The number of aryl methyl sites for hydroxylation is 1. The molecule has 12 heteroatoms. The Kier molecular flexibility index (Phi) is 14.2. The summed E-state index contributed by atoms with van der Waals surface area (Å²) >= 11 is 1.58. The van der Waals surface area contributed by atoms with Gasteiger partial charge in [0.25, 0.3) is 0 Å². The largest absolute Gasteiger partial charge is 0.444 e. The highest BCUT2D eigenvalue weighted by molar-refractivity contribution is 7.13. The topological polar surface area (TPSA) is 141 Å². The molecule has 1 saturated heterocycles. The van der Waals surface area contributed by atoms with Gasteiger partial charge in [-0.05, 0) is 70.9 Å². The maximum atomic E-state index is 13.9. The van der Waals surface area contributed by atoms with Gasteiger partial charge in [-0.2, -0.15) is 0 Å². The van der Waals surface area contributed by atoms with Gasteiger partial charge in [0.05, 0.1) is 28.2 Å². The molecule has 4 atom stereocenters. The Labute approximate surface area is 296 Å². The van der Waals surface area contributed by atoms with Gasteiger partial charge >= 0.3 is 6.09 Å². The molecule has 0 radical (unpaired) electrons. The van der Waals surface area contributed by atoms with E-state index in [0.717, 1.165) is 41.0 Å². The lowest BCUT2D eigenvalue weighted by atomic mass is 9.85. The Morgan fingerprint density at radius 3 is 2.27 bits per heavy atom. The molecule has 0 spiro atoms. The van der Waals surface area contributed by atoms with Crippen molar-refractivity contribution in [3.05, 3.63) is 41.0 Å². The lowest BCUT2D eigenvalue weighted by Gasteiger charge is -2.35. The number of nitrogens with one attached hydrogen (secondary N) is 2. The Hall–Kier alpha value is -3.51. The van der Waals surface area contributed by atoms with E-state index < -0.39 is 29.2 Å². The van der Waals surface area contributed by atoms with Gasteiger partial charge in [0.1, 0.15) is 17.7 Å². The summed E-state index contributed by atoms with van der Waals surface area (Å²) in [5.41, 5.74) is 3.60. The molecule has 0 bridgehead atoms. The van der Waals surface area contributed by atoms with Crippen LogP contribution in [0.4, 0.5) is 4.79 Å². The number of aliphatic hydroxyl groups is 1. The number of benzene rings is 1. The highest BCUT2D eigenvalue weighted by atomic mass is 32.1. The number of aromatic nitrogens is 1. The van der Waals surface area contributed by atoms with E-state index in [1.807, 2.05) is 92.1 Å². The monoisotopic (exact) mass is 699 g/mol. The Morgan fingerprint density at radius 1 is 1.04 bits per heavy atom. The van der Waals surface area contributed by atoms with Gasteiger partial charge in [0.2, 0.25) is 17.7 Å². The molecule has 1 fully saturated rings. The van der Waals surface area contributed by atoms with E-state index in [0.29, 0.717) is 19.5 Å². The molecule has 2 unspecified atom stereocenters. The van der Waals surface area contributed by atoms with Crippen LogP contribution in [0.15, 0.2) is 29.8 Å². The minimum absolute atomic E-state index is 0.0225. The summed E-state index contributed by atoms with van der Waals surface area (Å²) in [6, 6.07) is 5.93. The number of aliphatic hydroxyl groups excluding tert-OH is 1. The summed E-state index contributed by atoms with van der Waals surface area (Å²) in [6.45, 7) is 18.1. The van der Waals surface area contributed by atoms with E-state index in [1.165, 1.54) is 4.90 Å². The average molecular weight is 700 g/mol. The van der Waals surface area contributed by atoms with Crippen molar-refractivity contribution in [2.75, 3.05) is 19.6 Å². The zero-order chi connectivity index (χ0) is 36.5. The number of hydrogen-bond donors (Lipinski definition) is 3. The van der Waals surface area contributed by atoms with Crippen LogP contribution >= 0.6 is 11.3 Å². The Balaban J connectivity index is 1.53. The smallest absolute Gasteiger partial charge is 0.410 e. The average Bonchev–Trinajstić information content (AvgIpc) is 3.63. The molecular formula is C37H57N5O6S. The highest BCUT2D eigenvalue weighted by Crippen LogP contribution is 2.29. The molecule has 0 saturated carbocycles. The van der Waals surface area contributed by atoms with Crippen LogP contribution < -0.4 is 10.6 Å². The van der Waals surface area contributed by atoms with Crippen LogP contribution in [0.1, 0.15) is 111 Å². The van der Waals surface area contributed by atoms with Gasteiger partial charge < -0.3 is 30.3 Å². The Morgan fingerprint density at radius 2 is 1.69 bits per heavy atom. The van der Waals surface area contributed by atoms with Crippen molar-refractivity contribution >= 4 is 35.2 Å². The highest BCUT2D eigenvalue weighted by Gasteiger charge is 2.44. The summed E-state index contributed by atoms with van der Waals surface area (Å²) in [5, 5.41) is 16.5. The summed E-state index contributed by atoms with van der Waals surface area (Å²) in [6.07, 6.45) is 2.33. The molecule has 1 aromatic heterocycles. The zero-order valence-electron chi connectivity index (χ0n) is 30.8. The number of ether oxygens (including phenoxy) is 1. The van der Waals surface area contributed by atoms with Crippen molar-refractivity contribution in [1.82, 2.24) is 25.4 Å². The van der Waals surface area contributed by atoms with Crippen LogP contribution in [0.2, 0.25) is 0 Å². The van der Waals surface area contributed by atoms with E-state index in [-0.39, 0.29) is 49.2 Å². The number of hydrogen-bond acceptors (Lipinski definition) is 8. The van der Waals surface area contributed by atoms with Gasteiger partial charge in [-0.3, -0.25) is 14.4 Å². The molecular weight excluding hydrogens is 643 g/mol. The van der Waals surface area contributed by atoms with Crippen molar-refractivity contribution < 1.29 is 29.0 Å². The van der Waals surface area contributed by atoms with E-state index in [2.05, 4.69) is 15.6 Å². The summed E-state index contributed by atoms with van der Waals surface area (Å²) < 4.78 is 5.46. The third kappa shape index (κ3) is 11.8. The molecule has 49 heavy (non-hydrogen) atoms. The first-order chi connectivity index (χ1) is 22.9. The van der Waals surface area contributed by atoms with E-state index in [9.17, 15) is 24.3 Å². The second kappa shape index (κ2) is 17.4.